The molecule has 0 atom stereocenters. The van der Waals surface area contributed by atoms with Gasteiger partial charge in [-0.2, -0.15) is 9.30 Å². The van der Waals surface area contributed by atoms with E-state index in [1.807, 2.05) is 22.8 Å². The van der Waals surface area contributed by atoms with E-state index in [-0.39, 0.29) is 4.90 Å². The summed E-state index contributed by atoms with van der Waals surface area (Å²) in [6.07, 6.45) is 1.74. The molecule has 0 saturated carbocycles. The molecule has 31 heavy (non-hydrogen) atoms. The monoisotopic (exact) mass is 459 g/mol. The van der Waals surface area contributed by atoms with Gasteiger partial charge in [-0.1, -0.05) is 31.3 Å². The van der Waals surface area contributed by atoms with Crippen LogP contribution in [0.2, 0.25) is 0 Å². The van der Waals surface area contributed by atoms with Crippen LogP contribution in [0.25, 0.3) is 10.2 Å². The molecule has 0 N–H and O–H groups in total. The summed E-state index contributed by atoms with van der Waals surface area (Å²) in [5.74, 6) is 0.283. The summed E-state index contributed by atoms with van der Waals surface area (Å²) in [5, 5.41) is 0. The van der Waals surface area contributed by atoms with E-state index in [0.717, 1.165) is 16.0 Å². The van der Waals surface area contributed by atoms with E-state index in [4.69, 9.17) is 4.74 Å². The highest BCUT2D eigenvalue weighted by molar-refractivity contribution is 7.89. The minimum absolute atomic E-state index is 0.156. The zero-order valence-corrected chi connectivity index (χ0v) is 19.4. The summed E-state index contributed by atoms with van der Waals surface area (Å²) >= 11 is 1.38. The van der Waals surface area contributed by atoms with Gasteiger partial charge < -0.3 is 9.30 Å². The van der Waals surface area contributed by atoms with E-state index in [1.54, 1.807) is 27.0 Å². The Hall–Kier alpha value is -2.75. The lowest BCUT2D eigenvalue weighted by Gasteiger charge is -2.18. The molecule has 0 saturated heterocycles. The van der Waals surface area contributed by atoms with Crippen molar-refractivity contribution in [1.29, 1.82) is 0 Å². The van der Waals surface area contributed by atoms with Crippen molar-refractivity contribution in [3.05, 3.63) is 65.5 Å². The molecular weight excluding hydrogens is 434 g/mol. The largest absolute Gasteiger partial charge is 0.497 e. The maximum atomic E-state index is 12.8. The average molecular weight is 460 g/mol. The lowest BCUT2D eigenvalue weighted by Crippen LogP contribution is -2.30. The van der Waals surface area contributed by atoms with Crippen LogP contribution < -0.4 is 9.54 Å². The summed E-state index contributed by atoms with van der Waals surface area (Å²) in [5.41, 5.74) is 1.25. The van der Waals surface area contributed by atoms with Crippen LogP contribution >= 0.6 is 11.3 Å². The number of sulfonamides is 1. The molecule has 1 aromatic heterocycles. The van der Waals surface area contributed by atoms with Crippen LogP contribution in [0, 0.1) is 0 Å². The van der Waals surface area contributed by atoms with Gasteiger partial charge in [-0.15, -0.1) is 6.58 Å². The molecule has 0 aliphatic rings. The van der Waals surface area contributed by atoms with E-state index in [1.165, 1.54) is 39.9 Å². The highest BCUT2D eigenvalue weighted by Crippen LogP contribution is 2.23. The Morgan fingerprint density at radius 3 is 2.45 bits per heavy atom. The Morgan fingerprint density at radius 2 is 1.87 bits per heavy atom. The zero-order valence-electron chi connectivity index (χ0n) is 17.7. The van der Waals surface area contributed by atoms with Crippen LogP contribution in [-0.4, -0.2) is 43.4 Å². The number of carbonyl (C=O) groups excluding carboxylic acids is 1. The average Bonchev–Trinajstić information content (AvgIpc) is 3.10. The molecule has 7 nitrogen and oxygen atoms in total. The third-order valence-corrected chi connectivity index (χ3v) is 7.95. The number of hydrogen-bond acceptors (Lipinski definition) is 5. The maximum Gasteiger partial charge on any atom is 0.279 e. The van der Waals surface area contributed by atoms with Crippen LogP contribution in [0.15, 0.2) is 65.0 Å². The van der Waals surface area contributed by atoms with Gasteiger partial charge in [-0.3, -0.25) is 4.79 Å². The summed E-state index contributed by atoms with van der Waals surface area (Å²) in [6, 6.07) is 11.6. The smallest absolute Gasteiger partial charge is 0.279 e. The lowest BCUT2D eigenvalue weighted by atomic mass is 10.2. The van der Waals surface area contributed by atoms with Crippen molar-refractivity contribution in [2.24, 2.45) is 4.99 Å². The van der Waals surface area contributed by atoms with Crippen LogP contribution in [-0.2, 0) is 16.6 Å². The molecule has 0 radical (unpaired) electrons. The topological polar surface area (TPSA) is 81.0 Å². The number of fused-ring (bicyclic) bond motifs is 1. The normalized spacial score (nSPS) is 12.5. The Balaban J connectivity index is 1.99. The van der Waals surface area contributed by atoms with Crippen molar-refractivity contribution in [3.8, 4) is 5.75 Å². The molecule has 0 spiro atoms. The molecule has 3 rings (SSSR count). The highest BCUT2D eigenvalue weighted by Gasteiger charge is 2.21. The van der Waals surface area contributed by atoms with Crippen molar-refractivity contribution in [1.82, 2.24) is 8.87 Å². The summed E-state index contributed by atoms with van der Waals surface area (Å²) in [6.45, 7) is 8.63. The number of rotatable bonds is 8. The standard InChI is InChI=1S/C22H25N3O4S2/c1-5-14-25-19-13-10-17(29-4)15-20(19)30-22(25)23-21(26)16-8-11-18(12-9-16)31(27,28)24(6-2)7-3/h5,8-13,15H,1,6-7,14H2,2-4H3. The van der Waals surface area contributed by atoms with Crippen molar-refractivity contribution in [2.45, 2.75) is 25.3 Å². The van der Waals surface area contributed by atoms with E-state index < -0.39 is 15.9 Å². The number of carbonyl (C=O) groups is 1. The number of methoxy groups -OCH3 is 1. The van der Waals surface area contributed by atoms with E-state index in [9.17, 15) is 13.2 Å². The van der Waals surface area contributed by atoms with Gasteiger partial charge in [-0.05, 0) is 42.5 Å². The van der Waals surface area contributed by atoms with Crippen molar-refractivity contribution >= 4 is 37.5 Å². The number of nitrogens with zero attached hydrogens (tertiary/aromatic N) is 3. The molecule has 1 heterocycles. The number of amides is 1. The maximum absolute atomic E-state index is 12.8. The number of aromatic nitrogens is 1. The van der Waals surface area contributed by atoms with E-state index in [2.05, 4.69) is 11.6 Å². The van der Waals surface area contributed by atoms with Crippen LogP contribution in [0.5, 0.6) is 5.75 Å². The number of benzene rings is 2. The zero-order chi connectivity index (χ0) is 22.6. The van der Waals surface area contributed by atoms with Gasteiger partial charge in [-0.25, -0.2) is 8.42 Å². The third kappa shape index (κ3) is 4.63. The molecule has 9 heteroatoms. The van der Waals surface area contributed by atoms with Gasteiger partial charge in [0.05, 0.1) is 22.2 Å². The fourth-order valence-corrected chi connectivity index (χ4v) is 5.73. The first-order valence-corrected chi connectivity index (χ1v) is 12.1. The molecule has 164 valence electrons. The highest BCUT2D eigenvalue weighted by atomic mass is 32.2. The van der Waals surface area contributed by atoms with Crippen molar-refractivity contribution in [3.63, 3.8) is 0 Å². The quantitative estimate of drug-likeness (QED) is 0.482. The number of allylic oxidation sites excluding steroid dienone is 1. The van der Waals surface area contributed by atoms with Gasteiger partial charge in [0.1, 0.15) is 5.75 Å². The minimum Gasteiger partial charge on any atom is -0.497 e. The second kappa shape index (κ2) is 9.59. The first-order valence-electron chi connectivity index (χ1n) is 9.83. The van der Waals surface area contributed by atoms with Gasteiger partial charge in [0.25, 0.3) is 5.91 Å². The molecule has 0 fully saturated rings. The fourth-order valence-electron chi connectivity index (χ4n) is 3.20. The third-order valence-electron chi connectivity index (χ3n) is 4.84. The Labute approximate surface area is 186 Å². The van der Waals surface area contributed by atoms with Gasteiger partial charge in [0, 0.05) is 25.2 Å². The second-order valence-corrected chi connectivity index (χ2v) is 9.60. The molecule has 2 aromatic carbocycles. The Morgan fingerprint density at radius 1 is 1.19 bits per heavy atom. The summed E-state index contributed by atoms with van der Waals surface area (Å²) in [7, 11) is -1.97. The lowest BCUT2D eigenvalue weighted by molar-refractivity contribution is 0.0997. The molecule has 3 aromatic rings. The number of hydrogen-bond donors (Lipinski definition) is 0. The number of thiazole rings is 1. The molecular formula is C22H25N3O4S2. The molecule has 0 unspecified atom stereocenters. The SMILES string of the molecule is C=CCn1c(=NC(=O)c2ccc(S(=O)(=O)N(CC)CC)cc2)sc2cc(OC)ccc21. The predicted octanol–water partition coefficient (Wildman–Crippen LogP) is 3.67. The molecule has 0 bridgehead atoms. The molecule has 0 aliphatic carbocycles. The van der Waals surface area contributed by atoms with Crippen molar-refractivity contribution in [2.75, 3.05) is 20.2 Å². The Bertz CT molecular complexity index is 1270. The van der Waals surface area contributed by atoms with E-state index in [0.29, 0.717) is 30.0 Å². The number of ether oxygens (including phenoxy) is 1. The van der Waals surface area contributed by atoms with Crippen LogP contribution in [0.1, 0.15) is 24.2 Å². The summed E-state index contributed by atoms with van der Waals surface area (Å²) in [4.78, 5) is 17.8. The van der Waals surface area contributed by atoms with E-state index >= 15 is 0 Å². The molecule has 0 aliphatic heterocycles. The van der Waals surface area contributed by atoms with Crippen LogP contribution in [0.4, 0.5) is 0 Å². The van der Waals surface area contributed by atoms with Gasteiger partial charge >= 0.3 is 0 Å². The first kappa shape index (κ1) is 22.9. The van der Waals surface area contributed by atoms with Crippen LogP contribution in [0.3, 0.4) is 0 Å². The van der Waals surface area contributed by atoms with Gasteiger partial charge in [0.15, 0.2) is 4.80 Å². The molecule has 1 amide bonds. The predicted molar refractivity (Wildman–Crippen MR) is 123 cm³/mol. The minimum atomic E-state index is -3.57. The summed E-state index contributed by atoms with van der Waals surface area (Å²) < 4.78 is 34.8. The first-order chi connectivity index (χ1) is 14.8. The van der Waals surface area contributed by atoms with Gasteiger partial charge in [0.2, 0.25) is 10.0 Å². The van der Waals surface area contributed by atoms with Crippen molar-refractivity contribution < 1.29 is 17.9 Å². The Kier molecular flexibility index (Phi) is 7.09. The second-order valence-electron chi connectivity index (χ2n) is 6.65. The fraction of sp³-hybridized carbons (Fsp3) is 0.273.